The molecule has 0 unspecified atom stereocenters. The van der Waals surface area contributed by atoms with Gasteiger partial charge in [-0.25, -0.2) is 0 Å². The third-order valence-corrected chi connectivity index (χ3v) is 6.14. The van der Waals surface area contributed by atoms with E-state index in [0.29, 0.717) is 0 Å². The first kappa shape index (κ1) is 9.31. The first-order valence-corrected chi connectivity index (χ1v) is 7.29. The number of hydrogen-bond acceptors (Lipinski definition) is 3. The minimum atomic E-state index is -1.45. The SMILES string of the molecule is CN[SiH2]O[Si](C)(C)NC. The highest BCUT2D eigenvalue weighted by Crippen LogP contribution is 1.93. The summed E-state index contributed by atoms with van der Waals surface area (Å²) in [6.45, 7) is 4.30. The van der Waals surface area contributed by atoms with Crippen molar-refractivity contribution < 1.29 is 4.12 Å². The molecule has 0 aromatic rings. The molecule has 0 aliphatic carbocycles. The molecular formula is C4H16N2OSi2. The fourth-order valence-electron chi connectivity index (χ4n) is 0.325. The van der Waals surface area contributed by atoms with Crippen molar-refractivity contribution in [1.29, 1.82) is 0 Å². The van der Waals surface area contributed by atoms with Gasteiger partial charge in [-0.15, -0.1) is 0 Å². The van der Waals surface area contributed by atoms with Crippen molar-refractivity contribution in [2.24, 2.45) is 0 Å². The zero-order valence-corrected chi connectivity index (χ0v) is 9.03. The van der Waals surface area contributed by atoms with Crippen molar-refractivity contribution in [3.05, 3.63) is 0 Å². The third kappa shape index (κ3) is 4.79. The van der Waals surface area contributed by atoms with Crippen LogP contribution in [0.25, 0.3) is 0 Å². The van der Waals surface area contributed by atoms with E-state index in [0.717, 1.165) is 0 Å². The monoisotopic (exact) mass is 164 g/mol. The lowest BCUT2D eigenvalue weighted by molar-refractivity contribution is 0.560. The van der Waals surface area contributed by atoms with Crippen LogP contribution in [0.1, 0.15) is 0 Å². The van der Waals surface area contributed by atoms with Crippen LogP contribution < -0.4 is 9.96 Å². The Balaban J connectivity index is 3.33. The predicted molar refractivity (Wildman–Crippen MR) is 45.2 cm³/mol. The molecule has 0 aromatic heterocycles. The minimum Gasteiger partial charge on any atom is -0.437 e. The summed E-state index contributed by atoms with van der Waals surface area (Å²) in [6.07, 6.45) is 0. The van der Waals surface area contributed by atoms with Gasteiger partial charge in [-0.05, 0) is 27.2 Å². The first-order chi connectivity index (χ1) is 4.12. The summed E-state index contributed by atoms with van der Waals surface area (Å²) in [6, 6.07) is 0. The van der Waals surface area contributed by atoms with E-state index in [9.17, 15) is 0 Å². The van der Waals surface area contributed by atoms with Gasteiger partial charge in [0.2, 0.25) is 9.92 Å². The van der Waals surface area contributed by atoms with Crippen LogP contribution in [0, 0.1) is 0 Å². The van der Waals surface area contributed by atoms with Crippen LogP contribution >= 0.6 is 0 Å². The quantitative estimate of drug-likeness (QED) is 0.531. The van der Waals surface area contributed by atoms with Crippen LogP contribution in [0.5, 0.6) is 0 Å². The molecule has 3 nitrogen and oxygen atoms in total. The van der Waals surface area contributed by atoms with Crippen LogP contribution in [-0.4, -0.2) is 32.5 Å². The molecule has 0 amide bonds. The van der Waals surface area contributed by atoms with Gasteiger partial charge in [-0.1, -0.05) is 0 Å². The van der Waals surface area contributed by atoms with Gasteiger partial charge in [0.05, 0.1) is 0 Å². The van der Waals surface area contributed by atoms with Crippen molar-refractivity contribution in [1.82, 2.24) is 9.96 Å². The molecule has 0 fully saturated rings. The van der Waals surface area contributed by atoms with Gasteiger partial charge in [-0.3, -0.25) is 0 Å². The van der Waals surface area contributed by atoms with Crippen molar-refractivity contribution in [2.75, 3.05) is 14.1 Å². The summed E-state index contributed by atoms with van der Waals surface area (Å²) in [5.74, 6) is 0. The van der Waals surface area contributed by atoms with Gasteiger partial charge in [0.25, 0.3) is 8.48 Å². The first-order valence-electron chi connectivity index (χ1n) is 3.10. The molecule has 5 heteroatoms. The molecule has 0 bridgehead atoms. The standard InChI is InChI=1S/C4H16N2OSi2/c1-5-8-7-9(3,4)6-2/h5-6H,8H2,1-4H3. The molecule has 0 radical (unpaired) electrons. The molecule has 0 rings (SSSR count). The molecule has 0 aliphatic heterocycles. The van der Waals surface area contributed by atoms with Crippen molar-refractivity contribution in [2.45, 2.75) is 13.1 Å². The highest BCUT2D eigenvalue weighted by atomic mass is 28.4. The van der Waals surface area contributed by atoms with E-state index in [2.05, 4.69) is 23.1 Å². The summed E-state index contributed by atoms with van der Waals surface area (Å²) >= 11 is 0. The molecule has 9 heavy (non-hydrogen) atoms. The van der Waals surface area contributed by atoms with E-state index in [1.165, 1.54) is 0 Å². The number of rotatable bonds is 4. The van der Waals surface area contributed by atoms with E-state index in [1.54, 1.807) is 0 Å². The smallest absolute Gasteiger partial charge is 0.252 e. The predicted octanol–water partition coefficient (Wildman–Crippen LogP) is -0.858. The fourth-order valence-corrected chi connectivity index (χ4v) is 2.92. The molecule has 0 saturated carbocycles. The average molecular weight is 164 g/mol. The molecule has 2 N–H and O–H groups in total. The van der Waals surface area contributed by atoms with Crippen LogP contribution in [0.15, 0.2) is 0 Å². The zero-order chi connectivity index (χ0) is 7.33. The van der Waals surface area contributed by atoms with Gasteiger partial charge in [0, 0.05) is 0 Å². The second-order valence-corrected chi connectivity index (χ2v) is 8.07. The summed E-state index contributed by atoms with van der Waals surface area (Å²) in [4.78, 5) is 6.26. The molecular weight excluding hydrogens is 148 g/mol. The summed E-state index contributed by atoms with van der Waals surface area (Å²) < 4.78 is 5.58. The van der Waals surface area contributed by atoms with Crippen LogP contribution in [0.2, 0.25) is 13.1 Å². The Hall–Kier alpha value is 0.314. The van der Waals surface area contributed by atoms with E-state index in [1.807, 2.05) is 14.1 Å². The molecule has 0 aromatic carbocycles. The second kappa shape index (κ2) is 4.18. The highest BCUT2D eigenvalue weighted by molar-refractivity contribution is 6.72. The Kier molecular flexibility index (Phi) is 4.33. The van der Waals surface area contributed by atoms with E-state index < -0.39 is 18.4 Å². The van der Waals surface area contributed by atoms with Crippen LogP contribution in [-0.2, 0) is 4.12 Å². The highest BCUT2D eigenvalue weighted by Gasteiger charge is 2.17. The maximum Gasteiger partial charge on any atom is 0.252 e. The van der Waals surface area contributed by atoms with Gasteiger partial charge in [0.1, 0.15) is 0 Å². The van der Waals surface area contributed by atoms with Crippen molar-refractivity contribution in [3.63, 3.8) is 0 Å². The molecule has 0 spiro atoms. The van der Waals surface area contributed by atoms with E-state index >= 15 is 0 Å². The number of nitrogens with one attached hydrogen (secondary N) is 2. The van der Waals surface area contributed by atoms with Gasteiger partial charge >= 0.3 is 0 Å². The summed E-state index contributed by atoms with van der Waals surface area (Å²) in [5.41, 5.74) is 0. The summed E-state index contributed by atoms with van der Waals surface area (Å²) in [5, 5.41) is 0. The van der Waals surface area contributed by atoms with Gasteiger partial charge in [0.15, 0.2) is 0 Å². The van der Waals surface area contributed by atoms with Gasteiger partial charge < -0.3 is 14.1 Å². The Morgan fingerprint density at radius 2 is 1.89 bits per heavy atom. The molecule has 0 aliphatic rings. The minimum absolute atomic E-state index is 0.444. The lowest BCUT2D eigenvalue weighted by atomic mass is 11.6. The van der Waals surface area contributed by atoms with Crippen LogP contribution in [0.4, 0.5) is 0 Å². The van der Waals surface area contributed by atoms with Gasteiger partial charge in [-0.2, -0.15) is 0 Å². The molecule has 56 valence electrons. The Labute approximate surface area is 60.4 Å². The normalized spacial score (nSPS) is 13.3. The van der Waals surface area contributed by atoms with Crippen LogP contribution in [0.3, 0.4) is 0 Å². The van der Waals surface area contributed by atoms with Crippen molar-refractivity contribution >= 4 is 18.4 Å². The Morgan fingerprint density at radius 3 is 2.22 bits per heavy atom. The number of hydrogen-bond donors (Lipinski definition) is 2. The Morgan fingerprint density at radius 1 is 1.33 bits per heavy atom. The third-order valence-electron chi connectivity index (χ3n) is 1.18. The Bertz CT molecular complexity index is 79.0. The zero-order valence-electron chi connectivity index (χ0n) is 6.62. The summed E-state index contributed by atoms with van der Waals surface area (Å²) in [7, 11) is 2.00. The lowest BCUT2D eigenvalue weighted by Crippen LogP contribution is -2.48. The molecule has 0 atom stereocenters. The van der Waals surface area contributed by atoms with E-state index in [-0.39, 0.29) is 0 Å². The largest absolute Gasteiger partial charge is 0.437 e. The maximum absolute atomic E-state index is 5.58. The second-order valence-electron chi connectivity index (χ2n) is 2.40. The van der Waals surface area contributed by atoms with E-state index in [4.69, 9.17) is 4.12 Å². The molecule has 0 saturated heterocycles. The maximum atomic E-state index is 5.58. The lowest BCUT2D eigenvalue weighted by Gasteiger charge is -2.21. The van der Waals surface area contributed by atoms with Crippen molar-refractivity contribution in [3.8, 4) is 0 Å². The average Bonchev–Trinajstić information content (AvgIpc) is 1.84. The topological polar surface area (TPSA) is 33.3 Å². The molecule has 0 heterocycles. The fraction of sp³-hybridized carbons (Fsp3) is 1.00.